The van der Waals surface area contributed by atoms with Gasteiger partial charge in [0.05, 0.1) is 26.9 Å². The van der Waals surface area contributed by atoms with Crippen LogP contribution in [0.15, 0.2) is 34.8 Å². The van der Waals surface area contributed by atoms with E-state index in [1.54, 1.807) is 18.7 Å². The zero-order chi connectivity index (χ0) is 32.6. The molecule has 0 radical (unpaired) electrons. The van der Waals surface area contributed by atoms with Gasteiger partial charge in [-0.25, -0.2) is 9.18 Å². The van der Waals surface area contributed by atoms with Crippen molar-refractivity contribution in [1.82, 2.24) is 9.78 Å². The molecule has 3 aromatic rings. The average molecular weight is 713 g/mol. The number of para-hydroxylation sites is 1. The first-order chi connectivity index (χ1) is 20.1. The van der Waals surface area contributed by atoms with Crippen molar-refractivity contribution in [2.75, 3.05) is 24.1 Å². The van der Waals surface area contributed by atoms with Gasteiger partial charge >= 0.3 is 12.1 Å². The molecule has 0 N–H and O–H groups in total. The molecule has 0 unspecified atom stereocenters. The van der Waals surface area contributed by atoms with Crippen LogP contribution in [0, 0.1) is 12.7 Å². The van der Waals surface area contributed by atoms with Crippen LogP contribution < -0.4 is 4.90 Å². The number of carbonyl (C=O) groups is 2. The molecule has 0 saturated carbocycles. The van der Waals surface area contributed by atoms with Crippen molar-refractivity contribution in [2.45, 2.75) is 53.3 Å². The zero-order valence-corrected chi connectivity index (χ0v) is 27.5. The minimum absolute atomic E-state index is 0.0371. The van der Waals surface area contributed by atoms with Crippen LogP contribution in [0.1, 0.15) is 54.9 Å². The molecule has 0 aliphatic carbocycles. The third-order valence-corrected chi connectivity index (χ3v) is 7.24. The number of hydrogen-bond acceptors (Lipinski definition) is 5. The van der Waals surface area contributed by atoms with Crippen LogP contribution in [0.3, 0.4) is 0 Å². The first-order valence-electron chi connectivity index (χ1n) is 13.1. The van der Waals surface area contributed by atoms with E-state index in [9.17, 15) is 27.2 Å². The van der Waals surface area contributed by atoms with Gasteiger partial charge in [0.2, 0.25) is 5.91 Å². The molecule has 1 amide bonds. The second kappa shape index (κ2) is 15.9. The molecular weight excluding hydrogens is 681 g/mol. The summed E-state index contributed by atoms with van der Waals surface area (Å²) in [6, 6.07) is 7.89. The number of halogens is 7. The summed E-state index contributed by atoms with van der Waals surface area (Å²) in [6.07, 6.45) is -4.27. The summed E-state index contributed by atoms with van der Waals surface area (Å²) >= 11 is 14.3. The average Bonchev–Trinajstić information content (AvgIpc) is 3.22. The number of ether oxygens (including phenoxy) is 2. The molecule has 7 nitrogen and oxygen atoms in total. The summed E-state index contributed by atoms with van der Waals surface area (Å²) in [7, 11) is 1.08. The molecule has 43 heavy (non-hydrogen) atoms. The number of amides is 1. The molecule has 0 aliphatic heterocycles. The monoisotopic (exact) mass is 711 g/mol. The van der Waals surface area contributed by atoms with Gasteiger partial charge in [0, 0.05) is 19.2 Å². The maximum atomic E-state index is 14.3. The fraction of sp³-hybridized carbons (Fsp3) is 0.414. The number of esters is 1. The molecule has 0 fully saturated rings. The summed E-state index contributed by atoms with van der Waals surface area (Å²) in [5, 5.41) is 3.50. The van der Waals surface area contributed by atoms with Gasteiger partial charge in [-0.1, -0.05) is 36.7 Å². The maximum absolute atomic E-state index is 14.3. The number of aromatic nitrogens is 2. The maximum Gasteiger partial charge on any atom is 0.434 e. The Balaban J connectivity index is 0.000000317. The van der Waals surface area contributed by atoms with Crippen molar-refractivity contribution in [3.8, 4) is 11.3 Å². The Morgan fingerprint density at radius 1 is 1.19 bits per heavy atom. The zero-order valence-electron chi connectivity index (χ0n) is 24.4. The minimum atomic E-state index is -4.69. The third kappa shape index (κ3) is 9.17. The highest BCUT2D eigenvalue weighted by Crippen LogP contribution is 2.41. The van der Waals surface area contributed by atoms with Gasteiger partial charge < -0.3 is 9.47 Å². The largest absolute Gasteiger partial charge is 0.459 e. The van der Waals surface area contributed by atoms with Gasteiger partial charge in [0.15, 0.2) is 5.69 Å². The highest BCUT2D eigenvalue weighted by molar-refractivity contribution is 9.10. The van der Waals surface area contributed by atoms with Gasteiger partial charge in [-0.05, 0) is 73.3 Å². The Bertz CT molecular complexity index is 1450. The second-order valence-electron chi connectivity index (χ2n) is 9.41. The molecule has 0 aliphatic rings. The molecule has 0 atom stereocenters. The summed E-state index contributed by atoms with van der Waals surface area (Å²) < 4.78 is 64.0. The first kappa shape index (κ1) is 36.5. The van der Waals surface area contributed by atoms with E-state index < -0.39 is 34.2 Å². The number of aryl methyl sites for hydroxylation is 3. The van der Waals surface area contributed by atoms with E-state index >= 15 is 0 Å². The summed E-state index contributed by atoms with van der Waals surface area (Å²) in [5.41, 5.74) is 1.27. The molecule has 0 saturated heterocycles. The van der Waals surface area contributed by atoms with Crippen molar-refractivity contribution in [3.05, 3.63) is 68.0 Å². The van der Waals surface area contributed by atoms with Gasteiger partial charge in [-0.3, -0.25) is 14.4 Å². The quantitative estimate of drug-likeness (QED) is 0.0966. The smallest absolute Gasteiger partial charge is 0.434 e. The Hall–Kier alpha value is -2.67. The van der Waals surface area contributed by atoms with Crippen LogP contribution in [-0.2, 0) is 33.9 Å². The normalized spacial score (nSPS) is 11.3. The lowest BCUT2D eigenvalue weighted by atomic mass is 10.0. The van der Waals surface area contributed by atoms with Crippen molar-refractivity contribution >= 4 is 56.7 Å². The fourth-order valence-electron chi connectivity index (χ4n) is 4.05. The van der Waals surface area contributed by atoms with Crippen molar-refractivity contribution in [2.24, 2.45) is 7.05 Å². The lowest BCUT2D eigenvalue weighted by Crippen LogP contribution is -2.35. The van der Waals surface area contributed by atoms with E-state index in [1.165, 1.54) is 0 Å². The molecule has 0 spiro atoms. The molecule has 14 heteroatoms. The standard InChI is InChI=1S/C15H12BrClF4N2O2.C14H20ClNO2/c1-6(2)25-14(24)7-4-8(10(18)5-9(7)17)12-11(16)13(15(19,20)21)23(3)22-12;1-4-12-8-6-7-11(3)14(12)16(10-18-5-2)13(17)9-15/h4-6H,1-3H3;6-8H,4-5,9-10H2,1-3H3. The predicted octanol–water partition coefficient (Wildman–Crippen LogP) is 8.35. The molecule has 3 rings (SSSR count). The number of rotatable bonds is 9. The van der Waals surface area contributed by atoms with Crippen LogP contribution in [0.25, 0.3) is 11.3 Å². The van der Waals surface area contributed by atoms with Crippen LogP contribution in [-0.4, -0.2) is 47.0 Å². The van der Waals surface area contributed by atoms with Gasteiger partial charge in [-0.15, -0.1) is 11.6 Å². The Morgan fingerprint density at radius 3 is 2.35 bits per heavy atom. The Morgan fingerprint density at radius 2 is 1.84 bits per heavy atom. The number of nitrogens with zero attached hydrogens (tertiary/aromatic N) is 3. The van der Waals surface area contributed by atoms with Crippen molar-refractivity contribution in [3.63, 3.8) is 0 Å². The molecule has 1 aromatic heterocycles. The number of alkyl halides is 4. The predicted molar refractivity (Wildman–Crippen MR) is 162 cm³/mol. The Kier molecular flexibility index (Phi) is 13.5. The minimum Gasteiger partial charge on any atom is -0.459 e. The van der Waals surface area contributed by atoms with Crippen LogP contribution in [0.5, 0.6) is 0 Å². The highest BCUT2D eigenvalue weighted by Gasteiger charge is 2.39. The first-order valence-corrected chi connectivity index (χ1v) is 14.8. The van der Waals surface area contributed by atoms with Crippen LogP contribution >= 0.6 is 39.1 Å². The molecule has 2 aromatic carbocycles. The Labute approximate surface area is 266 Å². The summed E-state index contributed by atoms with van der Waals surface area (Å²) in [5.74, 6) is -1.90. The molecule has 236 valence electrons. The highest BCUT2D eigenvalue weighted by atomic mass is 79.9. The van der Waals surface area contributed by atoms with Crippen molar-refractivity contribution < 1.29 is 36.6 Å². The third-order valence-electron chi connectivity index (χ3n) is 5.94. The van der Waals surface area contributed by atoms with E-state index in [4.69, 9.17) is 32.7 Å². The SMILES string of the molecule is CC(C)OC(=O)c1cc(-c2nn(C)c(C(F)(F)F)c2Br)c(F)cc1Cl.CCOCN(C(=O)CCl)c1c(C)cccc1CC. The van der Waals surface area contributed by atoms with Gasteiger partial charge in [0.25, 0.3) is 0 Å². The lowest BCUT2D eigenvalue weighted by Gasteiger charge is -2.25. The number of hydrogen-bond donors (Lipinski definition) is 0. The second-order valence-corrected chi connectivity index (χ2v) is 10.9. The lowest BCUT2D eigenvalue weighted by molar-refractivity contribution is -0.144. The van der Waals surface area contributed by atoms with Crippen LogP contribution in [0.2, 0.25) is 5.02 Å². The topological polar surface area (TPSA) is 73.7 Å². The summed E-state index contributed by atoms with van der Waals surface area (Å²) in [4.78, 5) is 25.6. The van der Waals surface area contributed by atoms with Crippen LogP contribution in [0.4, 0.5) is 23.2 Å². The fourth-order valence-corrected chi connectivity index (χ4v) is 5.20. The van der Waals surface area contributed by atoms with Gasteiger partial charge in [0.1, 0.15) is 24.1 Å². The molecule has 1 heterocycles. The molecule has 0 bridgehead atoms. The van der Waals surface area contributed by atoms with Gasteiger partial charge in [-0.2, -0.15) is 18.3 Å². The van der Waals surface area contributed by atoms with E-state index in [0.717, 1.165) is 42.4 Å². The number of anilines is 1. The van der Waals surface area contributed by atoms with Crippen molar-refractivity contribution in [1.29, 1.82) is 0 Å². The van der Waals surface area contributed by atoms with E-state index in [1.807, 2.05) is 32.0 Å². The van der Waals surface area contributed by atoms with E-state index in [0.29, 0.717) is 11.3 Å². The van der Waals surface area contributed by atoms with E-state index in [-0.39, 0.29) is 40.4 Å². The van der Waals surface area contributed by atoms with E-state index in [2.05, 4.69) is 28.0 Å². The molecular formula is C29H32BrCl2F4N3O4. The summed E-state index contributed by atoms with van der Waals surface area (Å²) in [6.45, 7) is 10.0. The number of benzene rings is 2. The number of carbonyl (C=O) groups excluding carboxylic acids is 2.